The van der Waals surface area contributed by atoms with Crippen molar-refractivity contribution in [3.05, 3.63) is 40.5 Å². The van der Waals surface area contributed by atoms with E-state index >= 15 is 0 Å². The van der Waals surface area contributed by atoms with Gasteiger partial charge in [0.2, 0.25) is 10.6 Å². The highest BCUT2D eigenvalue weighted by atomic mass is 32.1. The fourth-order valence-corrected chi connectivity index (χ4v) is 5.21. The second-order valence-corrected chi connectivity index (χ2v) is 9.49. The molecule has 0 fully saturated rings. The van der Waals surface area contributed by atoms with Gasteiger partial charge in [0, 0.05) is 17.5 Å². The predicted octanol–water partition coefficient (Wildman–Crippen LogP) is 5.42. The smallest absolute Gasteiger partial charge is 0.423 e. The third-order valence-corrected chi connectivity index (χ3v) is 7.45. The number of fused-ring (bicyclic) bond motifs is 2. The van der Waals surface area contributed by atoms with Crippen LogP contribution in [0.4, 0.5) is 13.2 Å². The van der Waals surface area contributed by atoms with Gasteiger partial charge in [-0.3, -0.25) is 0 Å². The first-order valence-corrected chi connectivity index (χ1v) is 12.2. The molecule has 0 aliphatic heterocycles. The lowest BCUT2D eigenvalue weighted by atomic mass is 10.0. The Kier molecular flexibility index (Phi) is 6.04. The van der Waals surface area contributed by atoms with Gasteiger partial charge in [-0.2, -0.15) is 13.2 Å². The highest BCUT2D eigenvalue weighted by molar-refractivity contribution is 7.18. The maximum atomic E-state index is 13.4. The maximum absolute atomic E-state index is 13.4. The number of aromatic nitrogens is 4. The van der Waals surface area contributed by atoms with Crippen molar-refractivity contribution in [3.63, 3.8) is 0 Å². The van der Waals surface area contributed by atoms with Gasteiger partial charge in [0.05, 0.1) is 31.5 Å². The molecule has 5 aromatic rings. The molecule has 0 aliphatic carbocycles. The number of halogens is 3. The van der Waals surface area contributed by atoms with E-state index in [2.05, 4.69) is 15.1 Å². The molecule has 0 aliphatic rings. The Bertz CT molecular complexity index is 1510. The van der Waals surface area contributed by atoms with Crippen LogP contribution >= 0.6 is 22.7 Å². The van der Waals surface area contributed by atoms with Crippen LogP contribution in [0.15, 0.2) is 34.2 Å². The van der Waals surface area contributed by atoms with Crippen LogP contribution in [0.1, 0.15) is 24.0 Å². The summed E-state index contributed by atoms with van der Waals surface area (Å²) < 4.78 is 64.1. The number of hydrogen-bond acceptors (Lipinski definition) is 10. The molecule has 1 unspecified atom stereocenters. The van der Waals surface area contributed by atoms with Crippen molar-refractivity contribution in [2.24, 2.45) is 0 Å². The first-order chi connectivity index (χ1) is 17.1. The molecule has 14 heteroatoms. The second-order valence-electron chi connectivity index (χ2n) is 7.72. The number of benzene rings is 1. The van der Waals surface area contributed by atoms with E-state index in [1.807, 2.05) is 0 Å². The number of nitrogens with zero attached hydrogens (tertiary/aromatic N) is 4. The summed E-state index contributed by atoms with van der Waals surface area (Å²) in [5, 5.41) is 16.5. The minimum Gasteiger partial charge on any atom is -0.496 e. The standard InChI is InChI=1S/C22H19F3N4O5S2/c1-4-21(30,22(23,24)25)18-26-11(10-35-18)9-33-15-5-12(31-2)6-16-13(15)7-17(34-16)14-8-29-19(27-14)36-20(28-29)32-3/h5-8,10,30H,4,9H2,1-3H3. The number of thiazole rings is 1. The summed E-state index contributed by atoms with van der Waals surface area (Å²) in [5.41, 5.74) is -1.74. The van der Waals surface area contributed by atoms with Gasteiger partial charge in [-0.25, -0.2) is 14.5 Å². The number of rotatable bonds is 8. The Hall–Kier alpha value is -3.36. The van der Waals surface area contributed by atoms with Crippen LogP contribution in [0.3, 0.4) is 0 Å². The number of ether oxygens (including phenoxy) is 3. The van der Waals surface area contributed by atoms with E-state index in [9.17, 15) is 18.3 Å². The number of methoxy groups -OCH3 is 2. The Morgan fingerprint density at radius 1 is 1.14 bits per heavy atom. The van der Waals surface area contributed by atoms with Crippen LogP contribution in [0.5, 0.6) is 16.7 Å². The molecule has 36 heavy (non-hydrogen) atoms. The van der Waals surface area contributed by atoms with Crippen LogP contribution in [0.25, 0.3) is 27.4 Å². The number of furan rings is 1. The van der Waals surface area contributed by atoms with E-state index in [0.29, 0.717) is 44.1 Å². The average Bonchev–Trinajstić information content (AvgIpc) is 3.62. The van der Waals surface area contributed by atoms with Crippen molar-refractivity contribution in [1.82, 2.24) is 19.6 Å². The molecule has 5 rings (SSSR count). The number of imidazole rings is 1. The van der Waals surface area contributed by atoms with Gasteiger partial charge in [0.1, 0.15) is 34.4 Å². The van der Waals surface area contributed by atoms with Crippen molar-refractivity contribution in [2.75, 3.05) is 14.2 Å². The van der Waals surface area contributed by atoms with Crippen LogP contribution in [0.2, 0.25) is 0 Å². The molecular formula is C22H19F3N4O5S2. The van der Waals surface area contributed by atoms with Gasteiger partial charge in [-0.1, -0.05) is 6.92 Å². The third-order valence-electron chi connectivity index (χ3n) is 5.52. The minimum absolute atomic E-state index is 0.124. The Balaban J connectivity index is 1.43. The topological polar surface area (TPSA) is 104 Å². The molecule has 0 saturated carbocycles. The molecule has 0 spiro atoms. The normalized spacial score (nSPS) is 13.9. The molecule has 1 atom stereocenters. The zero-order valence-electron chi connectivity index (χ0n) is 19.1. The van der Waals surface area contributed by atoms with Crippen LogP contribution in [0, 0.1) is 0 Å². The highest BCUT2D eigenvalue weighted by Gasteiger charge is 2.55. The highest BCUT2D eigenvalue weighted by Crippen LogP contribution is 2.43. The van der Waals surface area contributed by atoms with Crippen LogP contribution in [-0.2, 0) is 12.2 Å². The second kappa shape index (κ2) is 8.94. The maximum Gasteiger partial charge on any atom is 0.423 e. The molecule has 0 bridgehead atoms. The zero-order valence-corrected chi connectivity index (χ0v) is 20.8. The largest absolute Gasteiger partial charge is 0.496 e. The quantitative estimate of drug-likeness (QED) is 0.278. The fraction of sp³-hybridized carbons (Fsp3) is 0.318. The molecule has 1 aromatic carbocycles. The average molecular weight is 541 g/mol. The molecule has 1 N–H and O–H groups in total. The summed E-state index contributed by atoms with van der Waals surface area (Å²) in [6.45, 7) is 1.13. The number of hydrogen-bond donors (Lipinski definition) is 1. The molecule has 0 radical (unpaired) electrons. The van der Waals surface area contributed by atoms with Crippen molar-refractivity contribution < 1.29 is 36.9 Å². The molecule has 4 aromatic heterocycles. The van der Waals surface area contributed by atoms with E-state index in [4.69, 9.17) is 18.6 Å². The molecule has 0 saturated heterocycles. The number of alkyl halides is 3. The zero-order chi connectivity index (χ0) is 25.7. The van der Waals surface area contributed by atoms with Gasteiger partial charge in [0.25, 0.3) is 5.19 Å². The SMILES string of the molecule is CCC(O)(c1nc(COc2cc(OC)cc3oc(-c4cn5nc(OC)sc5n4)cc23)cs1)C(F)(F)F. The van der Waals surface area contributed by atoms with Gasteiger partial charge in [0.15, 0.2) is 5.76 Å². The lowest BCUT2D eigenvalue weighted by molar-refractivity contribution is -0.267. The van der Waals surface area contributed by atoms with E-state index in [0.717, 1.165) is 11.3 Å². The van der Waals surface area contributed by atoms with E-state index in [1.165, 1.54) is 37.9 Å². The summed E-state index contributed by atoms with van der Waals surface area (Å²) in [5.74, 6) is 1.32. The summed E-state index contributed by atoms with van der Waals surface area (Å²) in [7, 11) is 3.02. The lowest BCUT2D eigenvalue weighted by Crippen LogP contribution is -2.41. The van der Waals surface area contributed by atoms with Crippen molar-refractivity contribution >= 4 is 38.6 Å². The molecule has 4 heterocycles. The summed E-state index contributed by atoms with van der Waals surface area (Å²) in [4.78, 5) is 9.12. The van der Waals surface area contributed by atoms with Crippen LogP contribution in [-0.4, -0.2) is 45.1 Å². The van der Waals surface area contributed by atoms with E-state index < -0.39 is 23.2 Å². The lowest BCUT2D eigenvalue weighted by Gasteiger charge is -2.26. The summed E-state index contributed by atoms with van der Waals surface area (Å²) in [6.07, 6.45) is -3.69. The van der Waals surface area contributed by atoms with Crippen molar-refractivity contribution in [3.8, 4) is 28.1 Å². The van der Waals surface area contributed by atoms with Gasteiger partial charge >= 0.3 is 6.18 Å². The Morgan fingerprint density at radius 3 is 2.61 bits per heavy atom. The Morgan fingerprint density at radius 2 is 1.94 bits per heavy atom. The van der Waals surface area contributed by atoms with Crippen LogP contribution < -0.4 is 14.2 Å². The third kappa shape index (κ3) is 4.14. The summed E-state index contributed by atoms with van der Waals surface area (Å²) >= 11 is 2.01. The molecular weight excluding hydrogens is 521 g/mol. The molecule has 190 valence electrons. The fourth-order valence-electron chi connectivity index (χ4n) is 3.52. The predicted molar refractivity (Wildman–Crippen MR) is 126 cm³/mol. The van der Waals surface area contributed by atoms with Gasteiger partial charge in [-0.15, -0.1) is 16.4 Å². The minimum atomic E-state index is -4.84. The monoisotopic (exact) mass is 540 g/mol. The van der Waals surface area contributed by atoms with Gasteiger partial charge < -0.3 is 23.7 Å². The summed E-state index contributed by atoms with van der Waals surface area (Å²) in [6, 6.07) is 5.09. The Labute approximate surface area is 209 Å². The number of aliphatic hydroxyl groups is 1. The van der Waals surface area contributed by atoms with Gasteiger partial charge in [-0.05, 0) is 23.8 Å². The first-order valence-electron chi connectivity index (χ1n) is 10.5. The van der Waals surface area contributed by atoms with Crippen molar-refractivity contribution in [2.45, 2.75) is 31.7 Å². The van der Waals surface area contributed by atoms with E-state index in [1.54, 1.807) is 28.9 Å². The first kappa shape index (κ1) is 24.3. The van der Waals surface area contributed by atoms with E-state index in [-0.39, 0.29) is 12.3 Å². The molecule has 9 nitrogen and oxygen atoms in total. The van der Waals surface area contributed by atoms with Crippen molar-refractivity contribution in [1.29, 1.82) is 0 Å². The molecule has 0 amide bonds.